The fourth-order valence-electron chi connectivity index (χ4n) is 2.11. The summed E-state index contributed by atoms with van der Waals surface area (Å²) in [6.07, 6.45) is 2.78. The summed E-state index contributed by atoms with van der Waals surface area (Å²) < 4.78 is 0. The molecule has 138 valence electrons. The first-order chi connectivity index (χ1) is 12.3. The monoisotopic (exact) mass is 358 g/mol. The summed E-state index contributed by atoms with van der Waals surface area (Å²) in [5.74, 6) is -1.42. The lowest BCUT2D eigenvalue weighted by Crippen LogP contribution is -2.01. The molecule has 0 atom stereocenters. The molecule has 0 aliphatic heterocycles. The number of aromatic nitrogens is 1. The Morgan fingerprint density at radius 2 is 1.69 bits per heavy atom. The van der Waals surface area contributed by atoms with Gasteiger partial charge in [0.1, 0.15) is 5.75 Å². The van der Waals surface area contributed by atoms with Crippen LogP contribution >= 0.6 is 0 Å². The van der Waals surface area contributed by atoms with E-state index in [2.05, 4.69) is 4.98 Å². The fraction of sp³-hybridized carbons (Fsp3) is 0.158. The SMILES string of the molecule is CC(=O)O.NCCc1c[nH]c2ccc(O)cc12.O=C(O)c1ccccc1. The number of benzene rings is 2. The Kier molecular flexibility index (Phi) is 8.39. The third-order valence-electron chi connectivity index (χ3n) is 3.19. The molecule has 6 N–H and O–H groups in total. The lowest BCUT2D eigenvalue weighted by molar-refractivity contribution is -0.134. The van der Waals surface area contributed by atoms with E-state index in [4.69, 9.17) is 20.7 Å². The smallest absolute Gasteiger partial charge is 0.335 e. The van der Waals surface area contributed by atoms with E-state index < -0.39 is 11.9 Å². The first-order valence-corrected chi connectivity index (χ1v) is 7.82. The number of aliphatic carboxylic acids is 1. The maximum absolute atomic E-state index is 10.2. The number of phenolic OH excluding ortho intramolecular Hbond substituents is 1. The van der Waals surface area contributed by atoms with Gasteiger partial charge in [-0.15, -0.1) is 0 Å². The number of aromatic carboxylic acids is 1. The van der Waals surface area contributed by atoms with Crippen molar-refractivity contribution in [1.29, 1.82) is 0 Å². The number of carboxylic acid groups (broad SMARTS) is 2. The molecule has 0 aliphatic rings. The van der Waals surface area contributed by atoms with E-state index in [0.717, 1.165) is 29.8 Å². The van der Waals surface area contributed by atoms with Gasteiger partial charge in [-0.3, -0.25) is 4.79 Å². The quantitative estimate of drug-likeness (QED) is 0.488. The Labute approximate surface area is 150 Å². The lowest BCUT2D eigenvalue weighted by atomic mass is 10.1. The summed E-state index contributed by atoms with van der Waals surface area (Å²) in [5.41, 5.74) is 8.01. The van der Waals surface area contributed by atoms with E-state index in [1.165, 1.54) is 0 Å². The van der Waals surface area contributed by atoms with Crippen molar-refractivity contribution < 1.29 is 24.9 Å². The van der Waals surface area contributed by atoms with Gasteiger partial charge < -0.3 is 26.0 Å². The van der Waals surface area contributed by atoms with Crippen molar-refractivity contribution in [2.24, 2.45) is 5.73 Å². The molecule has 0 saturated heterocycles. The first-order valence-electron chi connectivity index (χ1n) is 7.82. The van der Waals surface area contributed by atoms with Gasteiger partial charge in [-0.05, 0) is 48.9 Å². The summed E-state index contributed by atoms with van der Waals surface area (Å²) in [4.78, 5) is 22.3. The highest BCUT2D eigenvalue weighted by Crippen LogP contribution is 2.22. The van der Waals surface area contributed by atoms with E-state index >= 15 is 0 Å². The molecule has 0 aliphatic carbocycles. The van der Waals surface area contributed by atoms with Crippen LogP contribution in [0.5, 0.6) is 5.75 Å². The molecular weight excluding hydrogens is 336 g/mol. The minimum absolute atomic E-state index is 0.297. The van der Waals surface area contributed by atoms with Crippen LogP contribution in [0.2, 0.25) is 0 Å². The molecule has 3 aromatic rings. The van der Waals surface area contributed by atoms with Gasteiger partial charge in [-0.2, -0.15) is 0 Å². The van der Waals surface area contributed by atoms with Gasteiger partial charge in [0, 0.05) is 24.0 Å². The predicted molar refractivity (Wildman–Crippen MR) is 99.4 cm³/mol. The zero-order chi connectivity index (χ0) is 19.5. The Bertz CT molecular complexity index is 840. The molecule has 0 bridgehead atoms. The second-order valence-electron chi connectivity index (χ2n) is 5.27. The number of aromatic hydroxyl groups is 1. The van der Waals surface area contributed by atoms with Gasteiger partial charge >= 0.3 is 5.97 Å². The van der Waals surface area contributed by atoms with E-state index in [1.807, 2.05) is 12.3 Å². The molecule has 0 radical (unpaired) electrons. The molecule has 1 heterocycles. The third-order valence-corrected chi connectivity index (χ3v) is 3.19. The molecule has 0 spiro atoms. The second-order valence-corrected chi connectivity index (χ2v) is 5.27. The molecule has 7 heteroatoms. The lowest BCUT2D eigenvalue weighted by Gasteiger charge is -1.96. The summed E-state index contributed by atoms with van der Waals surface area (Å²) in [6.45, 7) is 1.71. The van der Waals surface area contributed by atoms with Gasteiger partial charge in [-0.1, -0.05) is 18.2 Å². The summed E-state index contributed by atoms with van der Waals surface area (Å²) in [7, 11) is 0. The molecule has 3 rings (SSSR count). The molecular formula is C19H22N2O5. The van der Waals surface area contributed by atoms with Crippen molar-refractivity contribution in [3.05, 3.63) is 65.9 Å². The fourth-order valence-corrected chi connectivity index (χ4v) is 2.11. The number of hydrogen-bond donors (Lipinski definition) is 5. The van der Waals surface area contributed by atoms with Gasteiger partial charge in [0.05, 0.1) is 5.56 Å². The Morgan fingerprint density at radius 1 is 1.08 bits per heavy atom. The molecule has 0 fully saturated rings. The van der Waals surface area contributed by atoms with Crippen LogP contribution < -0.4 is 5.73 Å². The largest absolute Gasteiger partial charge is 0.508 e. The Balaban J connectivity index is 0.000000227. The maximum atomic E-state index is 10.2. The highest BCUT2D eigenvalue weighted by Gasteiger charge is 2.02. The molecule has 0 unspecified atom stereocenters. The van der Waals surface area contributed by atoms with Crippen molar-refractivity contribution >= 4 is 22.8 Å². The van der Waals surface area contributed by atoms with Gasteiger partial charge in [0.15, 0.2) is 0 Å². The average Bonchev–Trinajstić information content (AvgIpc) is 2.98. The van der Waals surface area contributed by atoms with E-state index in [9.17, 15) is 9.90 Å². The van der Waals surface area contributed by atoms with Crippen LogP contribution in [0, 0.1) is 0 Å². The van der Waals surface area contributed by atoms with Crippen molar-refractivity contribution in [2.75, 3.05) is 6.54 Å². The highest BCUT2D eigenvalue weighted by atomic mass is 16.4. The number of nitrogens with two attached hydrogens (primary N) is 1. The van der Waals surface area contributed by atoms with Gasteiger partial charge in [0.2, 0.25) is 0 Å². The first kappa shape index (κ1) is 20.7. The number of carboxylic acids is 2. The van der Waals surface area contributed by atoms with E-state index in [-0.39, 0.29) is 0 Å². The van der Waals surface area contributed by atoms with Crippen molar-refractivity contribution in [3.8, 4) is 5.75 Å². The van der Waals surface area contributed by atoms with Crippen LogP contribution in [-0.4, -0.2) is 38.8 Å². The number of aromatic amines is 1. The number of phenols is 1. The summed E-state index contributed by atoms with van der Waals surface area (Å²) in [6, 6.07) is 13.6. The second kappa shape index (κ2) is 10.5. The minimum Gasteiger partial charge on any atom is -0.508 e. The van der Waals surface area contributed by atoms with Crippen LogP contribution in [-0.2, 0) is 11.2 Å². The normalized spacial score (nSPS) is 9.46. The number of nitrogens with one attached hydrogen (secondary N) is 1. The number of carbonyl (C=O) groups is 2. The molecule has 1 aromatic heterocycles. The van der Waals surface area contributed by atoms with Crippen molar-refractivity contribution in [1.82, 2.24) is 4.98 Å². The maximum Gasteiger partial charge on any atom is 0.335 e. The van der Waals surface area contributed by atoms with Crippen molar-refractivity contribution in [3.63, 3.8) is 0 Å². The minimum atomic E-state index is -0.879. The topological polar surface area (TPSA) is 137 Å². The molecule has 0 saturated carbocycles. The standard InChI is InChI=1S/C10H12N2O.C7H6O2.C2H4O2/c11-4-3-7-6-12-10-2-1-8(13)5-9(7)10;8-7(9)6-4-2-1-3-5-6;1-2(3)4/h1-2,5-6,12-13H,3-4,11H2;1-5H,(H,8,9);1H3,(H,3,4). The van der Waals surface area contributed by atoms with Crippen LogP contribution in [0.3, 0.4) is 0 Å². The predicted octanol–water partition coefficient (Wildman–Crippen LogP) is 2.85. The highest BCUT2D eigenvalue weighted by molar-refractivity contribution is 5.87. The van der Waals surface area contributed by atoms with E-state index in [1.54, 1.807) is 42.5 Å². The van der Waals surface area contributed by atoms with Crippen LogP contribution in [0.4, 0.5) is 0 Å². The number of rotatable bonds is 3. The Hall–Kier alpha value is -3.32. The molecule has 26 heavy (non-hydrogen) atoms. The van der Waals surface area contributed by atoms with Crippen LogP contribution in [0.15, 0.2) is 54.7 Å². The third kappa shape index (κ3) is 7.06. The van der Waals surface area contributed by atoms with Gasteiger partial charge in [0.25, 0.3) is 5.97 Å². The van der Waals surface area contributed by atoms with Gasteiger partial charge in [-0.25, -0.2) is 4.79 Å². The number of H-pyrrole nitrogens is 1. The van der Waals surface area contributed by atoms with Crippen molar-refractivity contribution in [2.45, 2.75) is 13.3 Å². The summed E-state index contributed by atoms with van der Waals surface area (Å²) in [5, 5.41) is 26.2. The van der Waals surface area contributed by atoms with E-state index in [0.29, 0.717) is 17.9 Å². The molecule has 0 amide bonds. The van der Waals surface area contributed by atoms with Crippen LogP contribution in [0.25, 0.3) is 10.9 Å². The zero-order valence-corrected chi connectivity index (χ0v) is 14.3. The Morgan fingerprint density at radius 3 is 2.19 bits per heavy atom. The average molecular weight is 358 g/mol. The van der Waals surface area contributed by atoms with Crippen LogP contribution in [0.1, 0.15) is 22.8 Å². The molecule has 7 nitrogen and oxygen atoms in total. The zero-order valence-electron chi connectivity index (χ0n) is 14.3. The number of fused-ring (bicyclic) bond motifs is 1. The molecule has 2 aromatic carbocycles. The summed E-state index contributed by atoms with van der Waals surface area (Å²) >= 11 is 0. The number of hydrogen-bond acceptors (Lipinski definition) is 4.